The van der Waals surface area contributed by atoms with Gasteiger partial charge in [-0.1, -0.05) is 128 Å². The standard InChI is InChI=1S/C36H37NO4/c1-5-25(4)33(35(38)41-34(26-18-14-23(2)15-19-26)27-20-16-24(3)17-21-27)37-36(39)40-22-32-30-12-8-6-10-28(30)29-11-7-9-13-31(29)32/h6-21,25,32-34H,5,22H2,1-4H3,(H,37,39)/t25-,33-/m0/s1. The van der Waals surface area contributed by atoms with E-state index in [1.165, 1.54) is 0 Å². The number of amides is 1. The number of esters is 1. The Morgan fingerprint density at radius 2 is 1.24 bits per heavy atom. The highest BCUT2D eigenvalue weighted by Crippen LogP contribution is 2.44. The van der Waals surface area contributed by atoms with Gasteiger partial charge < -0.3 is 14.8 Å². The summed E-state index contributed by atoms with van der Waals surface area (Å²) in [4.78, 5) is 26.8. The Labute approximate surface area is 242 Å². The maximum Gasteiger partial charge on any atom is 0.407 e. The Hall–Kier alpha value is -4.38. The van der Waals surface area contributed by atoms with Crippen LogP contribution in [0.1, 0.15) is 65.7 Å². The van der Waals surface area contributed by atoms with Crippen LogP contribution in [0.25, 0.3) is 11.1 Å². The van der Waals surface area contributed by atoms with Crippen LogP contribution in [-0.2, 0) is 14.3 Å². The lowest BCUT2D eigenvalue weighted by atomic mass is 9.97. The van der Waals surface area contributed by atoms with Gasteiger partial charge in [-0.05, 0) is 53.1 Å². The number of alkyl carbamates (subject to hydrolysis) is 1. The Balaban J connectivity index is 1.31. The SMILES string of the molecule is CC[C@H](C)[C@H](NC(=O)OCC1c2ccccc2-c2ccccc21)C(=O)OC(c1ccc(C)cc1)c1ccc(C)cc1. The van der Waals surface area contributed by atoms with Crippen LogP contribution in [0.3, 0.4) is 0 Å². The molecule has 2 atom stereocenters. The van der Waals surface area contributed by atoms with E-state index in [1.807, 2.05) is 100 Å². The maximum atomic E-state index is 13.7. The fourth-order valence-electron chi connectivity index (χ4n) is 5.44. The summed E-state index contributed by atoms with van der Waals surface area (Å²) in [7, 11) is 0. The summed E-state index contributed by atoms with van der Waals surface area (Å²) in [6, 6.07) is 31.5. The first-order chi connectivity index (χ1) is 19.9. The number of carbonyl (C=O) groups is 2. The third-order valence-electron chi connectivity index (χ3n) is 8.08. The first-order valence-corrected chi connectivity index (χ1v) is 14.3. The molecule has 0 heterocycles. The molecule has 0 spiro atoms. The average molecular weight is 548 g/mol. The summed E-state index contributed by atoms with van der Waals surface area (Å²) in [5.41, 5.74) is 8.59. The van der Waals surface area contributed by atoms with Gasteiger partial charge in [-0.2, -0.15) is 0 Å². The minimum Gasteiger partial charge on any atom is -0.451 e. The molecule has 4 aromatic rings. The molecule has 4 aromatic carbocycles. The molecule has 5 nitrogen and oxygen atoms in total. The number of aryl methyl sites for hydroxylation is 2. The predicted octanol–water partition coefficient (Wildman–Crippen LogP) is 7.89. The zero-order valence-corrected chi connectivity index (χ0v) is 24.1. The number of rotatable bonds is 9. The third-order valence-corrected chi connectivity index (χ3v) is 8.08. The van der Waals surface area contributed by atoms with Gasteiger partial charge in [0, 0.05) is 5.92 Å². The molecule has 1 aliphatic carbocycles. The van der Waals surface area contributed by atoms with Crippen molar-refractivity contribution in [3.8, 4) is 11.1 Å². The molecule has 5 rings (SSSR count). The summed E-state index contributed by atoms with van der Waals surface area (Å²) >= 11 is 0. The summed E-state index contributed by atoms with van der Waals surface area (Å²) in [5, 5.41) is 2.83. The van der Waals surface area contributed by atoms with Crippen LogP contribution in [0.4, 0.5) is 4.79 Å². The maximum absolute atomic E-state index is 13.7. The van der Waals surface area contributed by atoms with Gasteiger partial charge in [0.1, 0.15) is 12.6 Å². The normalized spacial score (nSPS) is 13.7. The number of hydrogen-bond donors (Lipinski definition) is 1. The zero-order chi connectivity index (χ0) is 28.9. The molecule has 5 heteroatoms. The van der Waals surface area contributed by atoms with Gasteiger partial charge in [0.05, 0.1) is 0 Å². The number of hydrogen-bond acceptors (Lipinski definition) is 4. The summed E-state index contributed by atoms with van der Waals surface area (Å²) in [6.45, 7) is 8.14. The highest BCUT2D eigenvalue weighted by molar-refractivity contribution is 5.82. The Morgan fingerprint density at radius 1 is 0.756 bits per heavy atom. The second kappa shape index (κ2) is 12.4. The van der Waals surface area contributed by atoms with Crippen LogP contribution < -0.4 is 5.32 Å². The second-order valence-electron chi connectivity index (χ2n) is 11.0. The first-order valence-electron chi connectivity index (χ1n) is 14.3. The second-order valence-corrected chi connectivity index (χ2v) is 11.0. The van der Waals surface area contributed by atoms with Gasteiger partial charge in [0.25, 0.3) is 0 Å². The van der Waals surface area contributed by atoms with Crippen molar-refractivity contribution in [3.63, 3.8) is 0 Å². The molecule has 0 radical (unpaired) electrons. The minimum atomic E-state index is -0.853. The van der Waals surface area contributed by atoms with Crippen molar-refractivity contribution in [1.29, 1.82) is 0 Å². The lowest BCUT2D eigenvalue weighted by Crippen LogP contribution is -2.46. The van der Waals surface area contributed by atoms with E-state index < -0.39 is 24.2 Å². The van der Waals surface area contributed by atoms with Gasteiger partial charge in [0.15, 0.2) is 6.10 Å². The number of benzene rings is 4. The van der Waals surface area contributed by atoms with E-state index in [9.17, 15) is 9.59 Å². The molecular formula is C36H37NO4. The Kier molecular flexibility index (Phi) is 8.53. The number of ether oxygens (including phenoxy) is 2. The van der Waals surface area contributed by atoms with Gasteiger partial charge in [-0.25, -0.2) is 9.59 Å². The molecule has 210 valence electrons. The Bertz CT molecular complexity index is 1420. The van der Waals surface area contributed by atoms with E-state index in [-0.39, 0.29) is 18.4 Å². The van der Waals surface area contributed by atoms with Crippen LogP contribution in [0.2, 0.25) is 0 Å². The zero-order valence-electron chi connectivity index (χ0n) is 24.1. The molecule has 0 saturated heterocycles. The smallest absolute Gasteiger partial charge is 0.407 e. The van der Waals surface area contributed by atoms with Crippen molar-refractivity contribution in [1.82, 2.24) is 5.32 Å². The van der Waals surface area contributed by atoms with Crippen molar-refractivity contribution in [2.45, 2.75) is 52.2 Å². The van der Waals surface area contributed by atoms with Crippen LogP contribution in [0, 0.1) is 19.8 Å². The van der Waals surface area contributed by atoms with Crippen LogP contribution in [0.5, 0.6) is 0 Å². The first kappa shape index (κ1) is 28.2. The fraction of sp³-hybridized carbons (Fsp3) is 0.278. The fourth-order valence-corrected chi connectivity index (χ4v) is 5.44. The van der Waals surface area contributed by atoms with Crippen LogP contribution >= 0.6 is 0 Å². The average Bonchev–Trinajstić information content (AvgIpc) is 3.31. The predicted molar refractivity (Wildman–Crippen MR) is 162 cm³/mol. The highest BCUT2D eigenvalue weighted by atomic mass is 16.6. The summed E-state index contributed by atoms with van der Waals surface area (Å²) < 4.78 is 11.9. The van der Waals surface area contributed by atoms with Crippen molar-refractivity contribution in [2.75, 3.05) is 6.61 Å². The molecule has 41 heavy (non-hydrogen) atoms. The molecule has 0 aromatic heterocycles. The third kappa shape index (κ3) is 6.19. The molecule has 1 N–H and O–H groups in total. The molecule has 0 fully saturated rings. The van der Waals surface area contributed by atoms with Gasteiger partial charge in [-0.15, -0.1) is 0 Å². The number of carbonyl (C=O) groups excluding carboxylic acids is 2. The molecule has 0 aliphatic heterocycles. The van der Waals surface area contributed by atoms with Gasteiger partial charge in [-0.3, -0.25) is 0 Å². The van der Waals surface area contributed by atoms with E-state index in [0.717, 1.165) is 44.5 Å². The van der Waals surface area contributed by atoms with Crippen molar-refractivity contribution in [2.24, 2.45) is 5.92 Å². The lowest BCUT2D eigenvalue weighted by molar-refractivity contribution is -0.151. The monoisotopic (exact) mass is 547 g/mol. The van der Waals surface area contributed by atoms with Crippen LogP contribution in [0.15, 0.2) is 97.1 Å². The Morgan fingerprint density at radius 3 is 1.73 bits per heavy atom. The van der Waals surface area contributed by atoms with E-state index >= 15 is 0 Å². The van der Waals surface area contributed by atoms with Crippen molar-refractivity contribution < 1.29 is 19.1 Å². The topological polar surface area (TPSA) is 64.6 Å². The molecule has 0 saturated carbocycles. The van der Waals surface area contributed by atoms with Crippen molar-refractivity contribution in [3.05, 3.63) is 130 Å². The van der Waals surface area contributed by atoms with Gasteiger partial charge in [0.2, 0.25) is 0 Å². The lowest BCUT2D eigenvalue weighted by Gasteiger charge is -2.26. The largest absolute Gasteiger partial charge is 0.451 e. The molecule has 1 amide bonds. The molecule has 0 bridgehead atoms. The summed E-state index contributed by atoms with van der Waals surface area (Å²) in [6.07, 6.45) is -0.542. The summed E-state index contributed by atoms with van der Waals surface area (Å²) in [5.74, 6) is -0.701. The van der Waals surface area contributed by atoms with Crippen molar-refractivity contribution >= 4 is 12.1 Å². The van der Waals surface area contributed by atoms with Gasteiger partial charge >= 0.3 is 12.1 Å². The molecular weight excluding hydrogens is 510 g/mol. The van der Waals surface area contributed by atoms with E-state index in [1.54, 1.807) is 0 Å². The molecule has 0 unspecified atom stereocenters. The van der Waals surface area contributed by atoms with E-state index in [0.29, 0.717) is 6.42 Å². The number of fused-ring (bicyclic) bond motifs is 3. The van der Waals surface area contributed by atoms with Crippen LogP contribution in [-0.4, -0.2) is 24.7 Å². The van der Waals surface area contributed by atoms with E-state index in [4.69, 9.17) is 9.47 Å². The highest BCUT2D eigenvalue weighted by Gasteiger charge is 2.33. The quantitative estimate of drug-likeness (QED) is 0.216. The number of nitrogens with one attached hydrogen (secondary N) is 1. The van der Waals surface area contributed by atoms with E-state index in [2.05, 4.69) is 29.6 Å². The molecule has 1 aliphatic rings. The minimum absolute atomic E-state index is 0.0606.